The molecule has 18 heavy (non-hydrogen) atoms. The first-order valence-corrected chi connectivity index (χ1v) is 6.70. The molecule has 1 aromatic rings. The third kappa shape index (κ3) is 6.74. The van der Waals surface area contributed by atoms with Crippen LogP contribution in [0.3, 0.4) is 0 Å². The van der Waals surface area contributed by atoms with Crippen molar-refractivity contribution in [3.63, 3.8) is 0 Å². The van der Waals surface area contributed by atoms with Gasteiger partial charge in [0.2, 0.25) is 0 Å². The van der Waals surface area contributed by atoms with Crippen molar-refractivity contribution in [2.45, 2.75) is 25.8 Å². The van der Waals surface area contributed by atoms with Crippen molar-refractivity contribution in [3.8, 4) is 0 Å². The molecule has 3 heteroatoms. The SMILES string of the molecule is CCC(Cc1ccccc1)NCCOCCOC. The zero-order chi connectivity index (χ0) is 13.1. The lowest BCUT2D eigenvalue weighted by Gasteiger charge is -2.17. The molecular formula is C15H25NO2. The lowest BCUT2D eigenvalue weighted by atomic mass is 10.0. The van der Waals surface area contributed by atoms with Crippen molar-refractivity contribution in [1.29, 1.82) is 0 Å². The van der Waals surface area contributed by atoms with Crippen LogP contribution in [0, 0.1) is 0 Å². The number of ether oxygens (including phenoxy) is 2. The maximum atomic E-state index is 5.43. The van der Waals surface area contributed by atoms with Crippen molar-refractivity contribution in [1.82, 2.24) is 5.32 Å². The predicted octanol–water partition coefficient (Wildman–Crippen LogP) is 2.26. The number of rotatable bonds is 10. The third-order valence-corrected chi connectivity index (χ3v) is 2.93. The number of nitrogens with one attached hydrogen (secondary N) is 1. The van der Waals surface area contributed by atoms with E-state index >= 15 is 0 Å². The van der Waals surface area contributed by atoms with Gasteiger partial charge >= 0.3 is 0 Å². The maximum absolute atomic E-state index is 5.43. The summed E-state index contributed by atoms with van der Waals surface area (Å²) in [6.07, 6.45) is 2.21. The van der Waals surface area contributed by atoms with E-state index in [-0.39, 0.29) is 0 Å². The lowest BCUT2D eigenvalue weighted by Crippen LogP contribution is -2.33. The van der Waals surface area contributed by atoms with Crippen molar-refractivity contribution < 1.29 is 9.47 Å². The number of benzene rings is 1. The van der Waals surface area contributed by atoms with Gasteiger partial charge in [-0.2, -0.15) is 0 Å². The Morgan fingerprint density at radius 3 is 2.56 bits per heavy atom. The minimum absolute atomic E-state index is 0.526. The number of hydrogen-bond acceptors (Lipinski definition) is 3. The molecule has 0 saturated heterocycles. The van der Waals surface area contributed by atoms with Crippen molar-refractivity contribution in [2.75, 3.05) is 33.5 Å². The van der Waals surface area contributed by atoms with Crippen LogP contribution in [0.1, 0.15) is 18.9 Å². The van der Waals surface area contributed by atoms with Crippen LogP contribution in [0.4, 0.5) is 0 Å². The van der Waals surface area contributed by atoms with Crippen molar-refractivity contribution >= 4 is 0 Å². The van der Waals surface area contributed by atoms with Gasteiger partial charge in [0.15, 0.2) is 0 Å². The summed E-state index contributed by atoms with van der Waals surface area (Å²) in [4.78, 5) is 0. The molecule has 1 rings (SSSR count). The molecule has 102 valence electrons. The molecular weight excluding hydrogens is 226 g/mol. The molecule has 1 atom stereocenters. The van der Waals surface area contributed by atoms with E-state index in [2.05, 4.69) is 42.6 Å². The molecule has 1 aromatic carbocycles. The molecule has 0 radical (unpaired) electrons. The van der Waals surface area contributed by atoms with Gasteiger partial charge in [-0.3, -0.25) is 0 Å². The summed E-state index contributed by atoms with van der Waals surface area (Å²) in [5.74, 6) is 0. The zero-order valence-electron chi connectivity index (χ0n) is 11.5. The highest BCUT2D eigenvalue weighted by Crippen LogP contribution is 2.05. The van der Waals surface area contributed by atoms with Gasteiger partial charge in [0.05, 0.1) is 19.8 Å². The predicted molar refractivity (Wildman–Crippen MR) is 74.9 cm³/mol. The summed E-state index contributed by atoms with van der Waals surface area (Å²) in [6, 6.07) is 11.1. The molecule has 1 unspecified atom stereocenters. The highest BCUT2D eigenvalue weighted by atomic mass is 16.5. The van der Waals surface area contributed by atoms with Crippen LogP contribution in [0.15, 0.2) is 30.3 Å². The Hall–Kier alpha value is -0.900. The zero-order valence-corrected chi connectivity index (χ0v) is 11.5. The Morgan fingerprint density at radius 2 is 1.89 bits per heavy atom. The second-order valence-electron chi connectivity index (χ2n) is 4.35. The fraction of sp³-hybridized carbons (Fsp3) is 0.600. The van der Waals surface area contributed by atoms with E-state index in [1.807, 2.05) is 0 Å². The van der Waals surface area contributed by atoms with Crippen LogP contribution in [0.2, 0.25) is 0 Å². The smallest absolute Gasteiger partial charge is 0.0700 e. The van der Waals surface area contributed by atoms with Gasteiger partial charge in [0.25, 0.3) is 0 Å². The Balaban J connectivity index is 2.14. The Morgan fingerprint density at radius 1 is 1.11 bits per heavy atom. The minimum Gasteiger partial charge on any atom is -0.382 e. The molecule has 0 spiro atoms. The normalized spacial score (nSPS) is 12.6. The summed E-state index contributed by atoms with van der Waals surface area (Å²) in [5, 5.41) is 3.53. The first-order chi connectivity index (χ1) is 8.86. The van der Waals surface area contributed by atoms with Gasteiger partial charge in [-0.15, -0.1) is 0 Å². The Labute approximate surface area is 110 Å². The van der Waals surface area contributed by atoms with Gasteiger partial charge in [-0.25, -0.2) is 0 Å². The first kappa shape index (κ1) is 15.2. The molecule has 0 aromatic heterocycles. The molecule has 0 amide bonds. The van der Waals surface area contributed by atoms with E-state index in [1.165, 1.54) is 5.56 Å². The van der Waals surface area contributed by atoms with Crippen LogP contribution in [0.25, 0.3) is 0 Å². The van der Waals surface area contributed by atoms with Crippen molar-refractivity contribution in [3.05, 3.63) is 35.9 Å². The van der Waals surface area contributed by atoms with E-state index in [4.69, 9.17) is 9.47 Å². The fourth-order valence-electron chi connectivity index (χ4n) is 1.84. The minimum atomic E-state index is 0.526. The lowest BCUT2D eigenvalue weighted by molar-refractivity contribution is 0.0710. The topological polar surface area (TPSA) is 30.5 Å². The third-order valence-electron chi connectivity index (χ3n) is 2.93. The van der Waals surface area contributed by atoms with Gasteiger partial charge in [-0.05, 0) is 18.4 Å². The molecule has 1 N–H and O–H groups in total. The first-order valence-electron chi connectivity index (χ1n) is 6.70. The summed E-state index contributed by atoms with van der Waals surface area (Å²) in [6.45, 7) is 5.20. The van der Waals surface area contributed by atoms with Gasteiger partial charge in [-0.1, -0.05) is 37.3 Å². The van der Waals surface area contributed by atoms with Crippen LogP contribution >= 0.6 is 0 Å². The molecule has 0 aliphatic heterocycles. The van der Waals surface area contributed by atoms with Crippen LogP contribution in [-0.4, -0.2) is 39.5 Å². The molecule has 0 aliphatic rings. The van der Waals surface area contributed by atoms with Gasteiger partial charge < -0.3 is 14.8 Å². The van der Waals surface area contributed by atoms with E-state index < -0.39 is 0 Å². The second kappa shape index (κ2) is 10.1. The van der Waals surface area contributed by atoms with Crippen LogP contribution in [0.5, 0.6) is 0 Å². The Bertz CT molecular complexity index is 290. The second-order valence-corrected chi connectivity index (χ2v) is 4.35. The monoisotopic (exact) mass is 251 g/mol. The molecule has 0 aliphatic carbocycles. The average Bonchev–Trinajstić information content (AvgIpc) is 2.42. The van der Waals surface area contributed by atoms with E-state index in [0.717, 1.165) is 26.0 Å². The van der Waals surface area contributed by atoms with Gasteiger partial charge in [0.1, 0.15) is 0 Å². The summed E-state index contributed by atoms with van der Waals surface area (Å²) >= 11 is 0. The van der Waals surface area contributed by atoms with E-state index in [9.17, 15) is 0 Å². The maximum Gasteiger partial charge on any atom is 0.0700 e. The highest BCUT2D eigenvalue weighted by molar-refractivity contribution is 5.15. The fourth-order valence-corrected chi connectivity index (χ4v) is 1.84. The molecule has 0 bridgehead atoms. The van der Waals surface area contributed by atoms with E-state index in [0.29, 0.717) is 19.3 Å². The van der Waals surface area contributed by atoms with E-state index in [1.54, 1.807) is 7.11 Å². The van der Waals surface area contributed by atoms with Crippen LogP contribution < -0.4 is 5.32 Å². The molecule has 0 saturated carbocycles. The highest BCUT2D eigenvalue weighted by Gasteiger charge is 2.05. The number of methoxy groups -OCH3 is 1. The standard InChI is InChI=1S/C15H25NO2/c1-3-15(13-14-7-5-4-6-8-14)16-9-10-18-12-11-17-2/h4-8,15-16H,3,9-13H2,1-2H3. The van der Waals surface area contributed by atoms with Gasteiger partial charge in [0, 0.05) is 19.7 Å². The average molecular weight is 251 g/mol. The van der Waals surface area contributed by atoms with Crippen LogP contribution in [-0.2, 0) is 15.9 Å². The quantitative estimate of drug-likeness (QED) is 0.647. The largest absolute Gasteiger partial charge is 0.382 e. The molecule has 0 heterocycles. The summed E-state index contributed by atoms with van der Waals surface area (Å²) in [5.41, 5.74) is 1.39. The molecule has 0 fully saturated rings. The Kier molecular flexibility index (Phi) is 8.47. The summed E-state index contributed by atoms with van der Waals surface area (Å²) < 4.78 is 10.4. The summed E-state index contributed by atoms with van der Waals surface area (Å²) in [7, 11) is 1.69. The number of hydrogen-bond donors (Lipinski definition) is 1. The van der Waals surface area contributed by atoms with Crippen molar-refractivity contribution in [2.24, 2.45) is 0 Å². The molecule has 3 nitrogen and oxygen atoms in total.